The lowest BCUT2D eigenvalue weighted by Crippen LogP contribution is -2.23. The molecule has 0 fully saturated rings. The number of rotatable bonds is 5. The lowest BCUT2D eigenvalue weighted by molar-refractivity contribution is 0.545. The van der Waals surface area contributed by atoms with Gasteiger partial charge in [0.05, 0.1) is 15.2 Å². The Morgan fingerprint density at radius 1 is 1.40 bits per heavy atom. The first-order chi connectivity index (χ1) is 9.51. The third-order valence-corrected chi connectivity index (χ3v) is 4.95. The number of aryl methyl sites for hydroxylation is 2. The number of nitrogens with one attached hydrogen (secondary N) is 1. The summed E-state index contributed by atoms with van der Waals surface area (Å²) < 4.78 is 13.9. The van der Waals surface area contributed by atoms with Gasteiger partial charge in [-0.1, -0.05) is 13.0 Å². The second kappa shape index (κ2) is 6.78. The van der Waals surface area contributed by atoms with Gasteiger partial charge in [0.15, 0.2) is 0 Å². The summed E-state index contributed by atoms with van der Waals surface area (Å²) in [6.45, 7) is 7.06. The van der Waals surface area contributed by atoms with Crippen LogP contribution in [-0.2, 0) is 6.42 Å². The standard InChI is InChI=1S/C15H18BrFN2S/c1-4-18-14(8-15-19-9(2)10(3)20-15)11-5-6-13(17)12(16)7-11/h5-7,14,18H,4,8H2,1-3H3. The molecule has 0 amide bonds. The van der Waals surface area contributed by atoms with E-state index in [1.165, 1.54) is 10.9 Å². The van der Waals surface area contributed by atoms with Gasteiger partial charge >= 0.3 is 0 Å². The molecule has 20 heavy (non-hydrogen) atoms. The Bertz CT molecular complexity index is 578. The van der Waals surface area contributed by atoms with Crippen LogP contribution in [0, 0.1) is 19.7 Å². The molecule has 0 aliphatic heterocycles. The Morgan fingerprint density at radius 3 is 2.70 bits per heavy atom. The van der Waals surface area contributed by atoms with Crippen molar-refractivity contribution in [1.29, 1.82) is 0 Å². The number of aromatic nitrogens is 1. The highest BCUT2D eigenvalue weighted by atomic mass is 79.9. The molecule has 0 saturated heterocycles. The van der Waals surface area contributed by atoms with E-state index in [4.69, 9.17) is 0 Å². The number of likely N-dealkylation sites (N-methyl/N-ethyl adjacent to an activating group) is 1. The van der Waals surface area contributed by atoms with E-state index in [-0.39, 0.29) is 11.9 Å². The molecule has 2 aromatic rings. The maximum absolute atomic E-state index is 13.4. The topological polar surface area (TPSA) is 24.9 Å². The van der Waals surface area contributed by atoms with Crippen molar-refractivity contribution in [3.05, 3.63) is 49.6 Å². The molecule has 2 rings (SSSR count). The van der Waals surface area contributed by atoms with Crippen LogP contribution in [0.25, 0.3) is 0 Å². The fourth-order valence-electron chi connectivity index (χ4n) is 2.08. The quantitative estimate of drug-likeness (QED) is 0.849. The molecule has 1 atom stereocenters. The molecule has 1 aromatic heterocycles. The van der Waals surface area contributed by atoms with E-state index in [2.05, 4.69) is 40.1 Å². The smallest absolute Gasteiger partial charge is 0.137 e. The van der Waals surface area contributed by atoms with E-state index >= 15 is 0 Å². The van der Waals surface area contributed by atoms with Gasteiger partial charge in [-0.2, -0.15) is 0 Å². The van der Waals surface area contributed by atoms with Gasteiger partial charge in [0.25, 0.3) is 0 Å². The summed E-state index contributed by atoms with van der Waals surface area (Å²) in [5.41, 5.74) is 2.17. The van der Waals surface area contributed by atoms with Crippen molar-refractivity contribution < 1.29 is 4.39 Å². The van der Waals surface area contributed by atoms with Crippen molar-refractivity contribution in [2.24, 2.45) is 0 Å². The summed E-state index contributed by atoms with van der Waals surface area (Å²) in [6.07, 6.45) is 0.825. The molecule has 0 saturated carbocycles. The number of nitrogens with zero attached hydrogens (tertiary/aromatic N) is 1. The normalized spacial score (nSPS) is 12.7. The second-order valence-electron chi connectivity index (χ2n) is 4.74. The maximum Gasteiger partial charge on any atom is 0.137 e. The van der Waals surface area contributed by atoms with Crippen LogP contribution >= 0.6 is 27.3 Å². The molecule has 0 spiro atoms. The van der Waals surface area contributed by atoms with Gasteiger partial charge in [-0.05, 0) is 54.0 Å². The van der Waals surface area contributed by atoms with Crippen LogP contribution in [-0.4, -0.2) is 11.5 Å². The van der Waals surface area contributed by atoms with Crippen LogP contribution < -0.4 is 5.32 Å². The first-order valence-electron chi connectivity index (χ1n) is 6.62. The highest BCUT2D eigenvalue weighted by Crippen LogP contribution is 2.26. The first kappa shape index (κ1) is 15.6. The van der Waals surface area contributed by atoms with Crippen molar-refractivity contribution in [2.75, 3.05) is 6.54 Å². The lowest BCUT2D eigenvalue weighted by atomic mass is 10.0. The summed E-state index contributed by atoms with van der Waals surface area (Å²) in [7, 11) is 0. The molecule has 0 radical (unpaired) electrons. The Hall–Kier alpha value is -0.780. The van der Waals surface area contributed by atoms with E-state index in [9.17, 15) is 4.39 Å². The van der Waals surface area contributed by atoms with E-state index in [0.717, 1.165) is 29.2 Å². The fourth-order valence-corrected chi connectivity index (χ4v) is 3.46. The zero-order chi connectivity index (χ0) is 14.7. The molecule has 1 aromatic carbocycles. The average Bonchev–Trinajstić information content (AvgIpc) is 2.71. The zero-order valence-corrected chi connectivity index (χ0v) is 14.2. The van der Waals surface area contributed by atoms with Crippen molar-refractivity contribution >= 4 is 27.3 Å². The molecular formula is C15H18BrFN2S. The molecule has 0 aliphatic carbocycles. The third kappa shape index (κ3) is 3.65. The van der Waals surface area contributed by atoms with Crippen LogP contribution in [0.1, 0.15) is 34.1 Å². The van der Waals surface area contributed by atoms with Crippen molar-refractivity contribution in [1.82, 2.24) is 10.3 Å². The van der Waals surface area contributed by atoms with Gasteiger partial charge in [0.1, 0.15) is 5.82 Å². The van der Waals surface area contributed by atoms with Gasteiger partial charge in [-0.15, -0.1) is 11.3 Å². The van der Waals surface area contributed by atoms with Crippen LogP contribution in [0.2, 0.25) is 0 Å². The van der Waals surface area contributed by atoms with Gasteiger partial charge in [-0.25, -0.2) is 9.37 Å². The summed E-state index contributed by atoms with van der Waals surface area (Å²) in [6, 6.07) is 5.33. The fraction of sp³-hybridized carbons (Fsp3) is 0.400. The number of thiazole rings is 1. The van der Waals surface area contributed by atoms with Gasteiger partial charge in [-0.3, -0.25) is 0 Å². The molecule has 2 nitrogen and oxygen atoms in total. The minimum Gasteiger partial charge on any atom is -0.310 e. The predicted molar refractivity (Wildman–Crippen MR) is 85.8 cm³/mol. The Balaban J connectivity index is 2.23. The van der Waals surface area contributed by atoms with E-state index < -0.39 is 0 Å². The van der Waals surface area contributed by atoms with E-state index in [1.54, 1.807) is 11.3 Å². The molecular weight excluding hydrogens is 339 g/mol. The van der Waals surface area contributed by atoms with E-state index in [1.807, 2.05) is 19.1 Å². The van der Waals surface area contributed by atoms with Gasteiger partial charge in [0.2, 0.25) is 0 Å². The first-order valence-corrected chi connectivity index (χ1v) is 8.23. The monoisotopic (exact) mass is 356 g/mol. The lowest BCUT2D eigenvalue weighted by Gasteiger charge is -2.17. The second-order valence-corrected chi connectivity index (χ2v) is 6.88. The number of halogens is 2. The predicted octanol–water partition coefficient (Wildman–Crippen LogP) is 4.55. The number of hydrogen-bond donors (Lipinski definition) is 1. The highest BCUT2D eigenvalue weighted by Gasteiger charge is 2.15. The SMILES string of the molecule is CCNC(Cc1nc(C)c(C)s1)c1ccc(F)c(Br)c1. The minimum absolute atomic E-state index is 0.154. The molecule has 5 heteroatoms. The van der Waals surface area contributed by atoms with Gasteiger partial charge in [0, 0.05) is 17.3 Å². The minimum atomic E-state index is -0.232. The third-order valence-electron chi connectivity index (χ3n) is 3.25. The van der Waals surface area contributed by atoms with Crippen molar-refractivity contribution in [2.45, 2.75) is 33.2 Å². The average molecular weight is 357 g/mol. The van der Waals surface area contributed by atoms with E-state index in [0.29, 0.717) is 4.47 Å². The van der Waals surface area contributed by atoms with Gasteiger partial charge < -0.3 is 5.32 Å². The Morgan fingerprint density at radius 2 is 2.15 bits per heavy atom. The molecule has 1 unspecified atom stereocenters. The van der Waals surface area contributed by atoms with Crippen LogP contribution in [0.15, 0.2) is 22.7 Å². The van der Waals surface area contributed by atoms with Crippen LogP contribution in [0.5, 0.6) is 0 Å². The van der Waals surface area contributed by atoms with Crippen molar-refractivity contribution in [3.8, 4) is 0 Å². The summed E-state index contributed by atoms with van der Waals surface area (Å²) in [5.74, 6) is -0.232. The number of benzene rings is 1. The van der Waals surface area contributed by atoms with Crippen LogP contribution in [0.3, 0.4) is 0 Å². The molecule has 108 valence electrons. The number of hydrogen-bond acceptors (Lipinski definition) is 3. The Kier molecular flexibility index (Phi) is 5.29. The summed E-state index contributed by atoms with van der Waals surface area (Å²) >= 11 is 4.98. The Labute approximate surface area is 131 Å². The van der Waals surface area contributed by atoms with Crippen LogP contribution in [0.4, 0.5) is 4.39 Å². The zero-order valence-electron chi connectivity index (χ0n) is 11.8. The summed E-state index contributed by atoms with van der Waals surface area (Å²) in [4.78, 5) is 5.85. The molecule has 0 aliphatic rings. The largest absolute Gasteiger partial charge is 0.310 e. The molecule has 1 heterocycles. The molecule has 0 bridgehead atoms. The maximum atomic E-state index is 13.4. The van der Waals surface area contributed by atoms with Crippen molar-refractivity contribution in [3.63, 3.8) is 0 Å². The summed E-state index contributed by atoms with van der Waals surface area (Å²) in [5, 5.41) is 4.56. The highest BCUT2D eigenvalue weighted by molar-refractivity contribution is 9.10. The molecule has 1 N–H and O–H groups in total.